The number of rotatable bonds is 3. The maximum absolute atomic E-state index is 5.72. The van der Waals surface area contributed by atoms with Gasteiger partial charge in [0, 0.05) is 24.4 Å². The molecule has 5 nitrogen and oxygen atoms in total. The van der Waals surface area contributed by atoms with Crippen LogP contribution in [0.25, 0.3) is 0 Å². The normalized spacial score (nSPS) is 12.5. The molecule has 0 saturated carbocycles. The van der Waals surface area contributed by atoms with Crippen LogP contribution in [0.3, 0.4) is 0 Å². The van der Waals surface area contributed by atoms with E-state index in [1.807, 2.05) is 31.2 Å². The lowest BCUT2D eigenvalue weighted by Gasteiger charge is -2.08. The number of aryl methyl sites for hydroxylation is 1. The lowest BCUT2D eigenvalue weighted by Crippen LogP contribution is -1.99. The number of hydrogen-bond donors (Lipinski definition) is 1. The van der Waals surface area contributed by atoms with Crippen LogP contribution in [0, 0.1) is 6.92 Å². The summed E-state index contributed by atoms with van der Waals surface area (Å²) in [5, 5.41) is 0. The van der Waals surface area contributed by atoms with Gasteiger partial charge in [-0.1, -0.05) is 0 Å². The molecular formula is C14H14N2O3. The molecule has 1 aromatic carbocycles. The van der Waals surface area contributed by atoms with E-state index in [2.05, 4.69) is 4.98 Å². The first kappa shape index (κ1) is 11.8. The fraction of sp³-hybridized carbons (Fsp3) is 0.214. The van der Waals surface area contributed by atoms with E-state index in [4.69, 9.17) is 19.9 Å². The number of benzene rings is 1. The summed E-state index contributed by atoms with van der Waals surface area (Å²) in [6, 6.07) is 9.19. The van der Waals surface area contributed by atoms with Crippen LogP contribution < -0.4 is 19.9 Å². The third-order valence-electron chi connectivity index (χ3n) is 2.79. The van der Waals surface area contributed by atoms with Gasteiger partial charge in [0.05, 0.1) is 0 Å². The number of aromatic nitrogens is 1. The summed E-state index contributed by atoms with van der Waals surface area (Å²) in [7, 11) is 0. The van der Waals surface area contributed by atoms with Crippen molar-refractivity contribution in [2.75, 3.05) is 6.79 Å². The Bertz CT molecular complexity index is 614. The van der Waals surface area contributed by atoms with Crippen LogP contribution in [0.5, 0.6) is 23.1 Å². The van der Waals surface area contributed by atoms with Gasteiger partial charge in [-0.25, -0.2) is 4.98 Å². The van der Waals surface area contributed by atoms with E-state index >= 15 is 0 Å². The number of ether oxygens (including phenoxy) is 3. The van der Waals surface area contributed by atoms with Crippen molar-refractivity contribution in [3.05, 3.63) is 41.6 Å². The van der Waals surface area contributed by atoms with E-state index in [-0.39, 0.29) is 6.79 Å². The fourth-order valence-electron chi connectivity index (χ4n) is 1.94. The number of pyridine rings is 1. The third kappa shape index (κ3) is 2.46. The Morgan fingerprint density at radius 3 is 2.89 bits per heavy atom. The van der Waals surface area contributed by atoms with E-state index in [1.165, 1.54) is 0 Å². The van der Waals surface area contributed by atoms with Crippen molar-refractivity contribution in [3.8, 4) is 23.1 Å². The molecule has 0 bridgehead atoms. The van der Waals surface area contributed by atoms with E-state index in [1.54, 1.807) is 6.07 Å². The van der Waals surface area contributed by atoms with Crippen molar-refractivity contribution < 1.29 is 14.2 Å². The highest BCUT2D eigenvalue weighted by Gasteiger charge is 2.14. The first-order chi connectivity index (χ1) is 9.24. The van der Waals surface area contributed by atoms with Gasteiger partial charge in [-0.05, 0) is 30.7 Å². The maximum atomic E-state index is 5.72. The topological polar surface area (TPSA) is 66.6 Å². The minimum absolute atomic E-state index is 0.249. The van der Waals surface area contributed by atoms with Crippen molar-refractivity contribution in [1.82, 2.24) is 4.98 Å². The number of hydrogen-bond acceptors (Lipinski definition) is 5. The Morgan fingerprint density at radius 2 is 2.05 bits per heavy atom. The molecule has 0 amide bonds. The summed E-state index contributed by atoms with van der Waals surface area (Å²) in [5.74, 6) is 2.60. The highest BCUT2D eigenvalue weighted by Crippen LogP contribution is 2.36. The predicted octanol–water partition coefficient (Wildman–Crippen LogP) is 2.37. The van der Waals surface area contributed by atoms with Gasteiger partial charge in [0.2, 0.25) is 12.7 Å². The molecule has 2 heterocycles. The zero-order chi connectivity index (χ0) is 13.2. The summed E-state index contributed by atoms with van der Waals surface area (Å²) in [5.41, 5.74) is 7.50. The van der Waals surface area contributed by atoms with Crippen LogP contribution in [-0.4, -0.2) is 11.8 Å². The second kappa shape index (κ2) is 4.78. The molecule has 0 saturated heterocycles. The van der Waals surface area contributed by atoms with E-state index in [0.29, 0.717) is 23.9 Å². The van der Waals surface area contributed by atoms with Crippen molar-refractivity contribution >= 4 is 0 Å². The Hall–Kier alpha value is -2.27. The molecule has 0 atom stereocenters. The zero-order valence-corrected chi connectivity index (χ0v) is 10.6. The smallest absolute Gasteiger partial charge is 0.231 e. The van der Waals surface area contributed by atoms with Crippen molar-refractivity contribution in [2.24, 2.45) is 5.73 Å². The van der Waals surface area contributed by atoms with Gasteiger partial charge in [-0.2, -0.15) is 0 Å². The van der Waals surface area contributed by atoms with Crippen molar-refractivity contribution in [3.63, 3.8) is 0 Å². The molecule has 2 aromatic rings. The zero-order valence-electron chi connectivity index (χ0n) is 10.6. The predicted molar refractivity (Wildman–Crippen MR) is 69.5 cm³/mol. The molecule has 1 aromatic heterocycles. The average Bonchev–Trinajstić information content (AvgIpc) is 2.85. The minimum Gasteiger partial charge on any atom is -0.454 e. The Morgan fingerprint density at radius 1 is 1.21 bits per heavy atom. The maximum Gasteiger partial charge on any atom is 0.231 e. The van der Waals surface area contributed by atoms with Gasteiger partial charge in [0.15, 0.2) is 11.5 Å². The van der Waals surface area contributed by atoms with Gasteiger partial charge in [0.25, 0.3) is 0 Å². The highest BCUT2D eigenvalue weighted by molar-refractivity contribution is 5.47. The van der Waals surface area contributed by atoms with Crippen molar-refractivity contribution in [1.29, 1.82) is 0 Å². The number of nitrogens with zero attached hydrogens (tertiary/aromatic N) is 1. The van der Waals surface area contributed by atoms with E-state index in [9.17, 15) is 0 Å². The summed E-state index contributed by atoms with van der Waals surface area (Å²) < 4.78 is 16.3. The van der Waals surface area contributed by atoms with E-state index in [0.717, 1.165) is 17.0 Å². The minimum atomic E-state index is 0.249. The van der Waals surface area contributed by atoms with Gasteiger partial charge in [-0.15, -0.1) is 0 Å². The van der Waals surface area contributed by atoms with Crippen molar-refractivity contribution in [2.45, 2.75) is 13.5 Å². The van der Waals surface area contributed by atoms with Crippen LogP contribution in [0.1, 0.15) is 11.3 Å². The molecule has 0 aliphatic carbocycles. The first-order valence-electron chi connectivity index (χ1n) is 6.00. The molecule has 0 fully saturated rings. The van der Waals surface area contributed by atoms with Crippen LogP contribution in [0.2, 0.25) is 0 Å². The van der Waals surface area contributed by atoms with Crippen LogP contribution in [0.15, 0.2) is 30.3 Å². The van der Waals surface area contributed by atoms with Crippen LogP contribution >= 0.6 is 0 Å². The standard InChI is InChI=1S/C14H14N2O3/c1-9-4-10(7-15)5-14(16-9)19-11-2-3-12-13(6-11)18-8-17-12/h2-6H,7-8,15H2,1H3. The third-order valence-corrected chi connectivity index (χ3v) is 2.79. The Balaban J connectivity index is 1.86. The van der Waals surface area contributed by atoms with Gasteiger partial charge in [-0.3, -0.25) is 0 Å². The van der Waals surface area contributed by atoms with E-state index < -0.39 is 0 Å². The molecule has 2 N–H and O–H groups in total. The summed E-state index contributed by atoms with van der Waals surface area (Å²) >= 11 is 0. The molecule has 0 radical (unpaired) electrons. The number of nitrogens with two attached hydrogens (primary N) is 1. The molecule has 1 aliphatic heterocycles. The molecule has 1 aliphatic rings. The summed E-state index contributed by atoms with van der Waals surface area (Å²) in [4.78, 5) is 4.32. The van der Waals surface area contributed by atoms with Gasteiger partial charge in [0.1, 0.15) is 5.75 Å². The molecule has 0 unspecified atom stereocenters. The lowest BCUT2D eigenvalue weighted by molar-refractivity contribution is 0.174. The quantitative estimate of drug-likeness (QED) is 0.915. The summed E-state index contributed by atoms with van der Waals surface area (Å²) in [6.45, 7) is 2.62. The second-order valence-corrected chi connectivity index (χ2v) is 4.28. The Labute approximate surface area is 110 Å². The summed E-state index contributed by atoms with van der Waals surface area (Å²) in [6.07, 6.45) is 0. The second-order valence-electron chi connectivity index (χ2n) is 4.28. The fourth-order valence-corrected chi connectivity index (χ4v) is 1.94. The molecule has 19 heavy (non-hydrogen) atoms. The van der Waals surface area contributed by atoms with Crippen LogP contribution in [0.4, 0.5) is 0 Å². The molecule has 0 spiro atoms. The SMILES string of the molecule is Cc1cc(CN)cc(Oc2ccc3c(c2)OCO3)n1. The molecule has 3 rings (SSSR count). The monoisotopic (exact) mass is 258 g/mol. The van der Waals surface area contributed by atoms with Crippen LogP contribution in [-0.2, 0) is 6.54 Å². The average molecular weight is 258 g/mol. The molecule has 98 valence electrons. The van der Waals surface area contributed by atoms with Gasteiger partial charge >= 0.3 is 0 Å². The number of fused-ring (bicyclic) bond motifs is 1. The highest BCUT2D eigenvalue weighted by atomic mass is 16.7. The first-order valence-corrected chi connectivity index (χ1v) is 6.00. The van der Waals surface area contributed by atoms with Gasteiger partial charge < -0.3 is 19.9 Å². The molecule has 5 heteroatoms. The lowest BCUT2D eigenvalue weighted by atomic mass is 10.2. The Kier molecular flexibility index (Phi) is 2.97. The largest absolute Gasteiger partial charge is 0.454 e. The molecular weight excluding hydrogens is 244 g/mol.